The number of aromatic hydroxyl groups is 1. The Morgan fingerprint density at radius 3 is 2.81 bits per heavy atom. The van der Waals surface area contributed by atoms with Gasteiger partial charge in [0.15, 0.2) is 0 Å². The Morgan fingerprint density at radius 2 is 2.14 bits per heavy atom. The Labute approximate surface area is 131 Å². The Balaban J connectivity index is 1.78. The lowest BCUT2D eigenvalue weighted by Gasteiger charge is -2.24. The molecule has 3 atom stereocenters. The summed E-state index contributed by atoms with van der Waals surface area (Å²) in [7, 11) is 1.85. The number of likely N-dealkylation sites (N-methyl/N-ethyl adjacent to an activating group) is 1. The molecular weight excluding hydrogens is 308 g/mol. The average molecular weight is 324 g/mol. The summed E-state index contributed by atoms with van der Waals surface area (Å²) in [6.45, 7) is 0. The molecular formula is C14H16N2O3S2. The summed E-state index contributed by atoms with van der Waals surface area (Å²) < 4.78 is 0. The number of para-hydroxylation sites is 1. The van der Waals surface area contributed by atoms with Crippen LogP contribution in [0.4, 0.5) is 0 Å². The molecule has 1 aromatic rings. The molecule has 3 rings (SSSR count). The zero-order valence-electron chi connectivity index (χ0n) is 11.5. The topological polar surface area (TPSA) is 73.1 Å². The highest BCUT2D eigenvalue weighted by Crippen LogP contribution is 2.37. The first-order valence-corrected chi connectivity index (χ1v) is 8.66. The summed E-state index contributed by atoms with van der Waals surface area (Å²) in [4.78, 5) is 17.8. The third kappa shape index (κ3) is 2.77. The van der Waals surface area contributed by atoms with Gasteiger partial charge >= 0.3 is 5.97 Å². The summed E-state index contributed by atoms with van der Waals surface area (Å²) in [6, 6.07) is 6.80. The summed E-state index contributed by atoms with van der Waals surface area (Å²) >= 11 is 3.27. The van der Waals surface area contributed by atoms with Crippen molar-refractivity contribution in [3.63, 3.8) is 0 Å². The minimum absolute atomic E-state index is 0.0592. The maximum absolute atomic E-state index is 11.2. The third-order valence-corrected chi connectivity index (χ3v) is 6.34. The van der Waals surface area contributed by atoms with Gasteiger partial charge in [-0.1, -0.05) is 12.1 Å². The molecule has 2 heterocycles. The van der Waals surface area contributed by atoms with E-state index in [4.69, 9.17) is 4.99 Å². The van der Waals surface area contributed by atoms with Crippen molar-refractivity contribution >= 4 is 34.5 Å². The molecule has 0 bridgehead atoms. The van der Waals surface area contributed by atoms with Crippen molar-refractivity contribution in [2.75, 3.05) is 18.6 Å². The van der Waals surface area contributed by atoms with E-state index >= 15 is 0 Å². The average Bonchev–Trinajstić information content (AvgIpc) is 3.05. The first-order valence-electron chi connectivity index (χ1n) is 6.63. The number of phenols is 1. The number of carboxylic acid groups (broad SMARTS) is 1. The molecule has 7 heteroatoms. The van der Waals surface area contributed by atoms with E-state index in [1.807, 2.05) is 24.1 Å². The van der Waals surface area contributed by atoms with Crippen LogP contribution in [0.1, 0.15) is 5.56 Å². The molecule has 0 spiro atoms. The summed E-state index contributed by atoms with van der Waals surface area (Å²) in [6.07, 6.45) is 0. The van der Waals surface area contributed by atoms with Crippen LogP contribution in [0.2, 0.25) is 0 Å². The SMILES string of the molecule is CN1[C@H](C(=O)O)CS[C@H]1C1CSC(c2ccccc2O)=N1. The summed E-state index contributed by atoms with van der Waals surface area (Å²) in [5.41, 5.74) is 0.755. The van der Waals surface area contributed by atoms with E-state index in [0.717, 1.165) is 16.4 Å². The second-order valence-corrected chi connectivity index (χ2v) is 7.23. The summed E-state index contributed by atoms with van der Waals surface area (Å²) in [5.74, 6) is 0.875. The molecule has 0 aromatic heterocycles. The minimum Gasteiger partial charge on any atom is -0.507 e. The van der Waals surface area contributed by atoms with E-state index in [1.54, 1.807) is 35.7 Å². The van der Waals surface area contributed by atoms with Crippen molar-refractivity contribution in [2.24, 2.45) is 4.99 Å². The minimum atomic E-state index is -0.775. The van der Waals surface area contributed by atoms with Crippen LogP contribution in [0.5, 0.6) is 5.75 Å². The lowest BCUT2D eigenvalue weighted by molar-refractivity contribution is -0.141. The van der Waals surface area contributed by atoms with E-state index in [-0.39, 0.29) is 17.2 Å². The fourth-order valence-corrected chi connectivity index (χ4v) is 5.33. The van der Waals surface area contributed by atoms with Crippen LogP contribution in [0.15, 0.2) is 29.3 Å². The number of carboxylic acids is 1. The van der Waals surface area contributed by atoms with Crippen molar-refractivity contribution in [3.05, 3.63) is 29.8 Å². The summed E-state index contributed by atoms with van der Waals surface area (Å²) in [5, 5.41) is 20.0. The molecule has 2 aliphatic rings. The van der Waals surface area contributed by atoms with Crippen LogP contribution in [0.25, 0.3) is 0 Å². The fraction of sp³-hybridized carbons (Fsp3) is 0.429. The molecule has 0 saturated carbocycles. The van der Waals surface area contributed by atoms with E-state index < -0.39 is 12.0 Å². The molecule has 0 radical (unpaired) electrons. The first kappa shape index (κ1) is 14.7. The number of aliphatic imine (C=N–C) groups is 1. The van der Waals surface area contributed by atoms with E-state index in [0.29, 0.717) is 5.75 Å². The number of hydrogen-bond donors (Lipinski definition) is 2. The smallest absolute Gasteiger partial charge is 0.321 e. The van der Waals surface area contributed by atoms with Crippen molar-refractivity contribution in [2.45, 2.75) is 17.5 Å². The standard InChI is InChI=1S/C14H16N2O3S2/c1-16-10(14(18)19)7-21-13(16)9-6-20-12(15-9)8-4-2-3-5-11(8)17/h2-5,9-10,13,17H,6-7H2,1H3,(H,18,19)/t9?,10-,13-/m0/s1. The van der Waals surface area contributed by atoms with E-state index in [1.165, 1.54) is 0 Å². The molecule has 1 aromatic carbocycles. The quantitative estimate of drug-likeness (QED) is 0.882. The number of benzene rings is 1. The van der Waals surface area contributed by atoms with Gasteiger partial charge in [0, 0.05) is 17.1 Å². The number of hydrogen-bond acceptors (Lipinski definition) is 6. The predicted octanol–water partition coefficient (Wildman–Crippen LogP) is 1.71. The number of nitrogens with zero attached hydrogens (tertiary/aromatic N) is 2. The maximum atomic E-state index is 11.2. The highest BCUT2D eigenvalue weighted by atomic mass is 32.2. The van der Waals surface area contributed by atoms with Gasteiger partial charge in [-0.3, -0.25) is 14.7 Å². The van der Waals surface area contributed by atoms with Gasteiger partial charge in [0.2, 0.25) is 0 Å². The predicted molar refractivity (Wildman–Crippen MR) is 86.3 cm³/mol. The molecule has 0 aliphatic carbocycles. The van der Waals surface area contributed by atoms with Gasteiger partial charge in [0.25, 0.3) is 0 Å². The fourth-order valence-electron chi connectivity index (χ4n) is 2.57. The van der Waals surface area contributed by atoms with Crippen LogP contribution in [-0.2, 0) is 4.79 Å². The largest absolute Gasteiger partial charge is 0.507 e. The number of aliphatic carboxylic acids is 1. The molecule has 112 valence electrons. The zero-order valence-corrected chi connectivity index (χ0v) is 13.1. The third-order valence-electron chi connectivity index (χ3n) is 3.74. The second kappa shape index (κ2) is 5.90. The first-order chi connectivity index (χ1) is 10.1. The second-order valence-electron chi connectivity index (χ2n) is 5.07. The van der Waals surface area contributed by atoms with Gasteiger partial charge in [-0.15, -0.1) is 23.5 Å². The number of carbonyl (C=O) groups is 1. The van der Waals surface area contributed by atoms with Crippen LogP contribution in [0, 0.1) is 0 Å². The monoisotopic (exact) mass is 324 g/mol. The lowest BCUT2D eigenvalue weighted by atomic mass is 10.2. The normalized spacial score (nSPS) is 29.6. The van der Waals surface area contributed by atoms with E-state index in [2.05, 4.69) is 0 Å². The molecule has 1 unspecified atom stereocenters. The lowest BCUT2D eigenvalue weighted by Crippen LogP contribution is -2.42. The molecule has 5 nitrogen and oxygen atoms in total. The van der Waals surface area contributed by atoms with Crippen LogP contribution in [0.3, 0.4) is 0 Å². The Morgan fingerprint density at radius 1 is 1.38 bits per heavy atom. The van der Waals surface area contributed by atoms with Gasteiger partial charge in [-0.2, -0.15) is 0 Å². The number of phenolic OH excluding ortho intramolecular Hbond substituents is 1. The van der Waals surface area contributed by atoms with E-state index in [9.17, 15) is 15.0 Å². The van der Waals surface area contributed by atoms with Gasteiger partial charge in [-0.25, -0.2) is 0 Å². The van der Waals surface area contributed by atoms with Crippen LogP contribution >= 0.6 is 23.5 Å². The highest BCUT2D eigenvalue weighted by molar-refractivity contribution is 8.14. The van der Waals surface area contributed by atoms with Crippen molar-refractivity contribution < 1.29 is 15.0 Å². The molecule has 1 saturated heterocycles. The van der Waals surface area contributed by atoms with Crippen LogP contribution in [-0.4, -0.2) is 62.1 Å². The molecule has 0 amide bonds. The van der Waals surface area contributed by atoms with Crippen molar-refractivity contribution in [1.29, 1.82) is 0 Å². The number of rotatable bonds is 3. The maximum Gasteiger partial charge on any atom is 0.321 e. The molecule has 1 fully saturated rings. The van der Waals surface area contributed by atoms with Gasteiger partial charge in [0.05, 0.1) is 11.4 Å². The zero-order chi connectivity index (χ0) is 15.0. The molecule has 2 aliphatic heterocycles. The number of thioether (sulfide) groups is 2. The Kier molecular flexibility index (Phi) is 4.14. The Hall–Kier alpha value is -1.18. The molecule has 21 heavy (non-hydrogen) atoms. The van der Waals surface area contributed by atoms with Crippen molar-refractivity contribution in [1.82, 2.24) is 4.90 Å². The van der Waals surface area contributed by atoms with Gasteiger partial charge < -0.3 is 10.2 Å². The highest BCUT2D eigenvalue weighted by Gasteiger charge is 2.41. The van der Waals surface area contributed by atoms with Gasteiger partial charge in [0.1, 0.15) is 16.8 Å². The molecule has 2 N–H and O–H groups in total. The van der Waals surface area contributed by atoms with Crippen LogP contribution < -0.4 is 0 Å². The van der Waals surface area contributed by atoms with Crippen molar-refractivity contribution in [3.8, 4) is 5.75 Å². The van der Waals surface area contributed by atoms with Gasteiger partial charge in [-0.05, 0) is 19.2 Å². The Bertz CT molecular complexity index is 593.